The van der Waals surface area contributed by atoms with Crippen LogP contribution in [0.2, 0.25) is 0 Å². The number of carbonyl (C=O) groups is 2. The summed E-state index contributed by atoms with van der Waals surface area (Å²) in [5, 5.41) is 10.2. The molecule has 0 atom stereocenters. The minimum absolute atomic E-state index is 0.195. The van der Waals surface area contributed by atoms with E-state index in [9.17, 15) is 9.59 Å². The van der Waals surface area contributed by atoms with Crippen LogP contribution < -0.4 is 10.6 Å². The van der Waals surface area contributed by atoms with E-state index in [0.29, 0.717) is 36.1 Å². The zero-order valence-corrected chi connectivity index (χ0v) is 13.7. The molecule has 2 heterocycles. The average molecular weight is 325 g/mol. The highest BCUT2D eigenvalue weighted by atomic mass is 16.2. The van der Waals surface area contributed by atoms with E-state index < -0.39 is 5.91 Å². The molecule has 2 rings (SSSR count). The lowest BCUT2D eigenvalue weighted by Gasteiger charge is -2.11. The van der Waals surface area contributed by atoms with Gasteiger partial charge in [-0.1, -0.05) is 13.5 Å². The van der Waals surface area contributed by atoms with Gasteiger partial charge in [0.15, 0.2) is 5.65 Å². The SMILES string of the molecule is C=CNC(=O)c1cnc2c(cnn2CCC#CC)c1NC(=O)CC. The largest absolute Gasteiger partial charge is 0.329 e. The van der Waals surface area contributed by atoms with Crippen LogP contribution in [-0.4, -0.2) is 26.6 Å². The van der Waals surface area contributed by atoms with Gasteiger partial charge < -0.3 is 10.6 Å². The minimum Gasteiger partial charge on any atom is -0.329 e. The number of fused-ring (bicyclic) bond motifs is 1. The van der Waals surface area contributed by atoms with E-state index in [4.69, 9.17) is 0 Å². The summed E-state index contributed by atoms with van der Waals surface area (Å²) < 4.78 is 1.70. The van der Waals surface area contributed by atoms with E-state index in [2.05, 4.69) is 39.1 Å². The molecule has 0 aliphatic rings. The first-order chi connectivity index (χ1) is 11.6. The van der Waals surface area contributed by atoms with Crippen molar-refractivity contribution in [3.63, 3.8) is 0 Å². The number of carbonyl (C=O) groups excluding carboxylic acids is 2. The van der Waals surface area contributed by atoms with Crippen LogP contribution in [0.4, 0.5) is 5.69 Å². The first-order valence-electron chi connectivity index (χ1n) is 7.58. The summed E-state index contributed by atoms with van der Waals surface area (Å²) in [5.74, 6) is 5.21. The molecule has 0 bridgehead atoms. The van der Waals surface area contributed by atoms with Gasteiger partial charge in [0, 0.05) is 19.0 Å². The summed E-state index contributed by atoms with van der Waals surface area (Å²) >= 11 is 0. The molecule has 0 radical (unpaired) electrons. The quantitative estimate of drug-likeness (QED) is 0.796. The number of hydrogen-bond acceptors (Lipinski definition) is 4. The summed E-state index contributed by atoms with van der Waals surface area (Å²) in [4.78, 5) is 28.3. The molecule has 0 fully saturated rings. The van der Waals surface area contributed by atoms with E-state index in [1.54, 1.807) is 24.7 Å². The van der Waals surface area contributed by atoms with Gasteiger partial charge in [-0.15, -0.1) is 11.8 Å². The number of pyridine rings is 1. The van der Waals surface area contributed by atoms with Gasteiger partial charge >= 0.3 is 0 Å². The Hall–Kier alpha value is -3.14. The van der Waals surface area contributed by atoms with Gasteiger partial charge in [0.1, 0.15) is 0 Å². The molecule has 2 aromatic rings. The Kier molecular flexibility index (Phi) is 5.68. The third kappa shape index (κ3) is 3.60. The first-order valence-corrected chi connectivity index (χ1v) is 7.58. The van der Waals surface area contributed by atoms with Crippen molar-refractivity contribution in [2.45, 2.75) is 33.2 Å². The van der Waals surface area contributed by atoms with Crippen molar-refractivity contribution in [1.82, 2.24) is 20.1 Å². The molecule has 7 nitrogen and oxygen atoms in total. The second-order valence-corrected chi connectivity index (χ2v) is 4.91. The van der Waals surface area contributed by atoms with Gasteiger partial charge in [-0.2, -0.15) is 5.10 Å². The third-order valence-corrected chi connectivity index (χ3v) is 3.35. The standard InChI is InChI=1S/C17H19N5O2/c1-4-7-8-9-22-16-12(11-20-22)15(21-14(23)5-2)13(10-19-16)17(24)18-6-3/h6,10-11H,3,5,8-9H2,1-2H3,(H,18,24)(H,19,21,23). The molecule has 0 spiro atoms. The molecular formula is C17H19N5O2. The Morgan fingerprint density at radius 2 is 2.21 bits per heavy atom. The van der Waals surface area contributed by atoms with Crippen molar-refractivity contribution in [1.29, 1.82) is 0 Å². The van der Waals surface area contributed by atoms with Crippen molar-refractivity contribution in [2.75, 3.05) is 5.32 Å². The molecule has 124 valence electrons. The molecule has 0 aliphatic heterocycles. The van der Waals surface area contributed by atoms with Crippen molar-refractivity contribution >= 4 is 28.5 Å². The number of aromatic nitrogens is 3. The summed E-state index contributed by atoms with van der Waals surface area (Å²) in [5.41, 5.74) is 1.26. The molecule has 24 heavy (non-hydrogen) atoms. The van der Waals surface area contributed by atoms with Gasteiger partial charge in [0.2, 0.25) is 5.91 Å². The lowest BCUT2D eigenvalue weighted by molar-refractivity contribution is -0.115. The highest BCUT2D eigenvalue weighted by molar-refractivity contribution is 6.10. The number of nitrogens with one attached hydrogen (secondary N) is 2. The fraction of sp³-hybridized carbons (Fsp3) is 0.294. The smallest absolute Gasteiger partial charge is 0.258 e. The fourth-order valence-corrected chi connectivity index (χ4v) is 2.18. The molecule has 0 saturated heterocycles. The maximum atomic E-state index is 12.2. The molecule has 0 aromatic carbocycles. The second-order valence-electron chi connectivity index (χ2n) is 4.91. The summed E-state index contributed by atoms with van der Waals surface area (Å²) in [6, 6.07) is 0. The van der Waals surface area contributed by atoms with Gasteiger partial charge in [0.05, 0.1) is 29.4 Å². The van der Waals surface area contributed by atoms with E-state index >= 15 is 0 Å². The molecular weight excluding hydrogens is 306 g/mol. The molecule has 2 aromatic heterocycles. The lowest BCUT2D eigenvalue weighted by Crippen LogP contribution is -2.21. The van der Waals surface area contributed by atoms with Crippen molar-refractivity contribution in [2.24, 2.45) is 0 Å². The predicted octanol–water partition coefficient (Wildman–Crippen LogP) is 2.07. The van der Waals surface area contributed by atoms with Crippen molar-refractivity contribution in [3.8, 4) is 11.8 Å². The predicted molar refractivity (Wildman–Crippen MR) is 92.2 cm³/mol. The topological polar surface area (TPSA) is 88.9 Å². The first kappa shape index (κ1) is 17.2. The molecule has 0 unspecified atom stereocenters. The number of rotatable bonds is 6. The monoisotopic (exact) mass is 325 g/mol. The average Bonchev–Trinajstić information content (AvgIpc) is 2.99. The van der Waals surface area contributed by atoms with Crippen LogP contribution in [0.5, 0.6) is 0 Å². The van der Waals surface area contributed by atoms with Crippen LogP contribution in [-0.2, 0) is 11.3 Å². The molecule has 0 aliphatic carbocycles. The van der Waals surface area contributed by atoms with Crippen LogP contribution in [0.15, 0.2) is 25.2 Å². The van der Waals surface area contributed by atoms with Gasteiger partial charge in [0.25, 0.3) is 5.91 Å². The van der Waals surface area contributed by atoms with Crippen LogP contribution in [0, 0.1) is 11.8 Å². The number of amides is 2. The lowest BCUT2D eigenvalue weighted by atomic mass is 10.1. The summed E-state index contributed by atoms with van der Waals surface area (Å²) in [6.45, 7) is 7.57. The maximum Gasteiger partial charge on any atom is 0.258 e. The fourth-order valence-electron chi connectivity index (χ4n) is 2.18. The van der Waals surface area contributed by atoms with E-state index in [1.165, 1.54) is 12.4 Å². The third-order valence-electron chi connectivity index (χ3n) is 3.35. The van der Waals surface area contributed by atoms with E-state index in [1.807, 2.05) is 0 Å². The molecule has 2 amide bonds. The summed E-state index contributed by atoms with van der Waals surface area (Å²) in [7, 11) is 0. The van der Waals surface area contributed by atoms with Crippen LogP contribution >= 0.6 is 0 Å². The molecule has 2 N–H and O–H groups in total. The Morgan fingerprint density at radius 1 is 1.42 bits per heavy atom. The van der Waals surface area contributed by atoms with Gasteiger partial charge in [-0.25, -0.2) is 9.67 Å². The molecule has 7 heteroatoms. The van der Waals surface area contributed by atoms with Gasteiger partial charge in [-0.3, -0.25) is 9.59 Å². The Morgan fingerprint density at radius 3 is 2.88 bits per heavy atom. The number of aryl methyl sites for hydroxylation is 1. The van der Waals surface area contributed by atoms with Crippen molar-refractivity contribution in [3.05, 3.63) is 30.7 Å². The summed E-state index contributed by atoms with van der Waals surface area (Å²) in [6.07, 6.45) is 5.25. The second kappa shape index (κ2) is 7.92. The van der Waals surface area contributed by atoms with Crippen LogP contribution in [0.25, 0.3) is 11.0 Å². The zero-order valence-electron chi connectivity index (χ0n) is 13.7. The van der Waals surface area contributed by atoms with E-state index in [-0.39, 0.29) is 11.5 Å². The normalized spacial score (nSPS) is 9.92. The Labute approximate surface area is 140 Å². The minimum atomic E-state index is -0.393. The highest BCUT2D eigenvalue weighted by Crippen LogP contribution is 2.26. The number of anilines is 1. The Bertz CT molecular complexity index is 842. The number of nitrogens with zero attached hydrogens (tertiary/aromatic N) is 3. The van der Waals surface area contributed by atoms with Gasteiger partial charge in [-0.05, 0) is 13.1 Å². The molecule has 0 saturated carbocycles. The number of hydrogen-bond donors (Lipinski definition) is 2. The van der Waals surface area contributed by atoms with Crippen molar-refractivity contribution < 1.29 is 9.59 Å². The Balaban J connectivity index is 2.52. The highest BCUT2D eigenvalue weighted by Gasteiger charge is 2.19. The van der Waals surface area contributed by atoms with Crippen LogP contribution in [0.1, 0.15) is 37.0 Å². The van der Waals surface area contributed by atoms with Crippen LogP contribution in [0.3, 0.4) is 0 Å². The zero-order chi connectivity index (χ0) is 17.5. The maximum absolute atomic E-state index is 12.2. The van der Waals surface area contributed by atoms with E-state index in [0.717, 1.165) is 0 Å².